The highest BCUT2D eigenvalue weighted by atomic mass is 79.9. The van der Waals surface area contributed by atoms with Crippen molar-refractivity contribution >= 4 is 15.9 Å². The van der Waals surface area contributed by atoms with Crippen LogP contribution in [0.5, 0.6) is 0 Å². The zero-order valence-electron chi connectivity index (χ0n) is 11.2. The molecule has 1 aliphatic heterocycles. The van der Waals surface area contributed by atoms with Gasteiger partial charge in [-0.1, -0.05) is 35.0 Å². The van der Waals surface area contributed by atoms with Gasteiger partial charge >= 0.3 is 0 Å². The molecule has 1 N–H and O–H groups in total. The number of benzene rings is 1. The number of halogens is 1. The molecule has 1 aliphatic rings. The van der Waals surface area contributed by atoms with Gasteiger partial charge in [-0.3, -0.25) is 0 Å². The molecule has 0 spiro atoms. The first-order valence-electron chi connectivity index (χ1n) is 6.79. The molecule has 100 valence electrons. The van der Waals surface area contributed by atoms with Crippen LogP contribution in [-0.2, 0) is 4.74 Å². The van der Waals surface area contributed by atoms with Gasteiger partial charge in [-0.2, -0.15) is 0 Å². The van der Waals surface area contributed by atoms with Crippen LogP contribution in [-0.4, -0.2) is 19.8 Å². The summed E-state index contributed by atoms with van der Waals surface area (Å²) in [5.74, 6) is 0.688. The normalized spacial score (nSPS) is 18.8. The maximum Gasteiger partial charge on any atom is 0.0469 e. The van der Waals surface area contributed by atoms with Crippen molar-refractivity contribution in [2.45, 2.75) is 32.7 Å². The van der Waals surface area contributed by atoms with Crippen molar-refractivity contribution in [2.24, 2.45) is 5.92 Å². The Morgan fingerprint density at radius 2 is 2.11 bits per heavy atom. The van der Waals surface area contributed by atoms with Gasteiger partial charge in [-0.25, -0.2) is 0 Å². The summed E-state index contributed by atoms with van der Waals surface area (Å²) in [6.07, 6.45) is 2.31. The van der Waals surface area contributed by atoms with Crippen LogP contribution in [0.15, 0.2) is 22.7 Å². The molecule has 1 aromatic rings. The monoisotopic (exact) mass is 311 g/mol. The smallest absolute Gasteiger partial charge is 0.0469 e. The van der Waals surface area contributed by atoms with Crippen molar-refractivity contribution in [3.8, 4) is 0 Å². The van der Waals surface area contributed by atoms with Gasteiger partial charge in [0.05, 0.1) is 0 Å². The topological polar surface area (TPSA) is 21.3 Å². The van der Waals surface area contributed by atoms with Gasteiger partial charge < -0.3 is 10.1 Å². The lowest BCUT2D eigenvalue weighted by Crippen LogP contribution is -2.32. The summed E-state index contributed by atoms with van der Waals surface area (Å²) in [6.45, 7) is 7.12. The van der Waals surface area contributed by atoms with Gasteiger partial charge in [-0.15, -0.1) is 0 Å². The predicted octanol–water partition coefficient (Wildman–Crippen LogP) is 3.83. The average Bonchev–Trinajstić information content (AvgIpc) is 2.40. The van der Waals surface area contributed by atoms with Crippen LogP contribution < -0.4 is 5.32 Å². The Kier molecular flexibility index (Phi) is 5.22. The van der Waals surface area contributed by atoms with Gasteiger partial charge in [0.15, 0.2) is 0 Å². The van der Waals surface area contributed by atoms with Crippen LogP contribution >= 0.6 is 15.9 Å². The number of aryl methyl sites for hydroxylation is 1. The highest BCUT2D eigenvalue weighted by Gasteiger charge is 2.24. The lowest BCUT2D eigenvalue weighted by atomic mass is 9.87. The van der Waals surface area contributed by atoms with Gasteiger partial charge in [0.1, 0.15) is 0 Å². The molecule has 1 aromatic carbocycles. The number of nitrogens with one attached hydrogen (secondary N) is 1. The number of rotatable bonds is 4. The van der Waals surface area contributed by atoms with E-state index in [1.165, 1.54) is 15.6 Å². The van der Waals surface area contributed by atoms with E-state index in [2.05, 4.69) is 53.3 Å². The van der Waals surface area contributed by atoms with Crippen LogP contribution in [0.3, 0.4) is 0 Å². The summed E-state index contributed by atoms with van der Waals surface area (Å²) in [6, 6.07) is 7.17. The minimum atomic E-state index is 0.454. The molecule has 1 atom stereocenters. The minimum absolute atomic E-state index is 0.454. The summed E-state index contributed by atoms with van der Waals surface area (Å²) >= 11 is 3.64. The first kappa shape index (κ1) is 14.0. The minimum Gasteiger partial charge on any atom is -0.381 e. The molecule has 0 radical (unpaired) electrons. The van der Waals surface area contributed by atoms with Crippen molar-refractivity contribution in [3.05, 3.63) is 33.8 Å². The highest BCUT2D eigenvalue weighted by Crippen LogP contribution is 2.32. The van der Waals surface area contributed by atoms with Crippen molar-refractivity contribution in [2.75, 3.05) is 19.8 Å². The molecule has 18 heavy (non-hydrogen) atoms. The molecular formula is C15H22BrNO. The number of hydrogen-bond donors (Lipinski definition) is 1. The average molecular weight is 312 g/mol. The van der Waals surface area contributed by atoms with Crippen LogP contribution in [0.4, 0.5) is 0 Å². The maximum absolute atomic E-state index is 5.47. The molecule has 0 bridgehead atoms. The third kappa shape index (κ3) is 3.34. The summed E-state index contributed by atoms with van der Waals surface area (Å²) in [7, 11) is 0. The van der Waals surface area contributed by atoms with Crippen LogP contribution in [0.1, 0.15) is 36.9 Å². The summed E-state index contributed by atoms with van der Waals surface area (Å²) < 4.78 is 6.67. The van der Waals surface area contributed by atoms with Gasteiger partial charge in [0.2, 0.25) is 0 Å². The molecule has 3 heteroatoms. The second-order valence-electron chi connectivity index (χ2n) is 4.99. The molecule has 1 unspecified atom stereocenters. The van der Waals surface area contributed by atoms with E-state index in [4.69, 9.17) is 4.74 Å². The zero-order valence-corrected chi connectivity index (χ0v) is 12.8. The van der Waals surface area contributed by atoms with Gasteiger partial charge in [-0.05, 0) is 49.4 Å². The highest BCUT2D eigenvalue weighted by molar-refractivity contribution is 9.10. The third-order valence-electron chi connectivity index (χ3n) is 3.72. The number of hydrogen-bond acceptors (Lipinski definition) is 2. The Morgan fingerprint density at radius 1 is 1.39 bits per heavy atom. The van der Waals surface area contributed by atoms with Crippen molar-refractivity contribution < 1.29 is 4.74 Å². The molecule has 1 fully saturated rings. The summed E-state index contributed by atoms with van der Waals surface area (Å²) in [5.41, 5.74) is 2.68. The Hall–Kier alpha value is -0.380. The van der Waals surface area contributed by atoms with Gasteiger partial charge in [0, 0.05) is 23.7 Å². The SMILES string of the molecule is CCNC(c1ccc(C)c(Br)c1)C1CCOCC1. The largest absolute Gasteiger partial charge is 0.381 e. The molecule has 0 aliphatic carbocycles. The van der Waals surface area contributed by atoms with Crippen LogP contribution in [0, 0.1) is 12.8 Å². The molecule has 2 rings (SSSR count). The summed E-state index contributed by atoms with van der Waals surface area (Å²) in [4.78, 5) is 0. The third-order valence-corrected chi connectivity index (χ3v) is 4.57. The van der Waals surface area contributed by atoms with E-state index < -0.39 is 0 Å². The van der Waals surface area contributed by atoms with Gasteiger partial charge in [0.25, 0.3) is 0 Å². The van der Waals surface area contributed by atoms with Crippen molar-refractivity contribution in [3.63, 3.8) is 0 Å². The van der Waals surface area contributed by atoms with Crippen LogP contribution in [0.25, 0.3) is 0 Å². The van der Waals surface area contributed by atoms with Crippen molar-refractivity contribution in [1.29, 1.82) is 0 Å². The predicted molar refractivity (Wildman–Crippen MR) is 78.8 cm³/mol. The van der Waals surface area contributed by atoms with Crippen molar-refractivity contribution in [1.82, 2.24) is 5.32 Å². The first-order chi connectivity index (χ1) is 8.72. The maximum atomic E-state index is 5.47. The second-order valence-corrected chi connectivity index (χ2v) is 5.85. The molecule has 2 nitrogen and oxygen atoms in total. The molecule has 0 amide bonds. The van der Waals surface area contributed by atoms with E-state index in [0.717, 1.165) is 32.6 Å². The Labute approximate surface area is 118 Å². The number of ether oxygens (including phenoxy) is 1. The lowest BCUT2D eigenvalue weighted by Gasteiger charge is -2.31. The van der Waals surface area contributed by atoms with E-state index in [1.807, 2.05) is 0 Å². The summed E-state index contributed by atoms with van der Waals surface area (Å²) in [5, 5.41) is 3.64. The lowest BCUT2D eigenvalue weighted by molar-refractivity contribution is 0.0538. The quantitative estimate of drug-likeness (QED) is 0.912. The fourth-order valence-corrected chi connectivity index (χ4v) is 3.02. The molecule has 1 saturated heterocycles. The first-order valence-corrected chi connectivity index (χ1v) is 7.59. The van der Waals surface area contributed by atoms with E-state index in [9.17, 15) is 0 Å². The molecular weight excluding hydrogens is 290 g/mol. The van der Waals surface area contributed by atoms with E-state index in [0.29, 0.717) is 12.0 Å². The Bertz CT molecular complexity index is 388. The Morgan fingerprint density at radius 3 is 2.72 bits per heavy atom. The molecule has 0 aromatic heterocycles. The zero-order chi connectivity index (χ0) is 13.0. The fourth-order valence-electron chi connectivity index (χ4n) is 2.63. The van der Waals surface area contributed by atoms with E-state index in [1.54, 1.807) is 0 Å². The standard InChI is InChI=1S/C15H22BrNO/c1-3-17-15(12-6-8-18-9-7-12)13-5-4-11(2)14(16)10-13/h4-5,10,12,15,17H,3,6-9H2,1-2H3. The second kappa shape index (κ2) is 6.69. The Balaban J connectivity index is 2.19. The fraction of sp³-hybridized carbons (Fsp3) is 0.600. The molecule has 1 heterocycles. The van der Waals surface area contributed by atoms with E-state index in [-0.39, 0.29) is 0 Å². The van der Waals surface area contributed by atoms with E-state index >= 15 is 0 Å². The van der Waals surface area contributed by atoms with Crippen LogP contribution in [0.2, 0.25) is 0 Å². The molecule has 0 saturated carbocycles.